The van der Waals surface area contributed by atoms with Gasteiger partial charge in [0.05, 0.1) is 6.04 Å². The molecular formula is C15H19NO5. The summed E-state index contributed by atoms with van der Waals surface area (Å²) in [6.07, 6.45) is 1.62. The highest BCUT2D eigenvalue weighted by molar-refractivity contribution is 5.95. The number of nitrogens with one attached hydrogen (secondary N) is 1. The predicted molar refractivity (Wildman–Crippen MR) is 75.4 cm³/mol. The zero-order valence-electron chi connectivity index (χ0n) is 12.2. The lowest BCUT2D eigenvalue weighted by molar-refractivity contribution is -0.141. The molecule has 0 aromatic heterocycles. The average molecular weight is 293 g/mol. The number of hydrogen-bond acceptors (Lipinski definition) is 5. The molecule has 0 saturated carbocycles. The largest absolute Gasteiger partial charge is 0.464 e. The van der Waals surface area contributed by atoms with Gasteiger partial charge in [0.15, 0.2) is 11.5 Å². The summed E-state index contributed by atoms with van der Waals surface area (Å²) in [5, 5.41) is 2.87. The summed E-state index contributed by atoms with van der Waals surface area (Å²) >= 11 is 0. The molecular weight excluding hydrogens is 274 g/mol. The SMILES string of the molecule is CCCC(COC(C)=O)NC(=O)c1ccc2c(c1)OCO2. The van der Waals surface area contributed by atoms with Crippen LogP contribution in [0.1, 0.15) is 37.0 Å². The van der Waals surface area contributed by atoms with Crippen LogP contribution >= 0.6 is 0 Å². The highest BCUT2D eigenvalue weighted by Gasteiger charge is 2.18. The Kier molecular flexibility index (Phi) is 5.03. The minimum Gasteiger partial charge on any atom is -0.464 e. The molecule has 1 amide bonds. The van der Waals surface area contributed by atoms with E-state index < -0.39 is 0 Å². The van der Waals surface area contributed by atoms with Crippen LogP contribution in [0.5, 0.6) is 11.5 Å². The quantitative estimate of drug-likeness (QED) is 0.811. The monoisotopic (exact) mass is 293 g/mol. The molecule has 6 nitrogen and oxygen atoms in total. The van der Waals surface area contributed by atoms with Gasteiger partial charge in [-0.15, -0.1) is 0 Å². The van der Waals surface area contributed by atoms with Crippen molar-refractivity contribution in [1.82, 2.24) is 5.32 Å². The van der Waals surface area contributed by atoms with Crippen molar-refractivity contribution in [2.24, 2.45) is 0 Å². The molecule has 1 aromatic rings. The van der Waals surface area contributed by atoms with Gasteiger partial charge < -0.3 is 19.5 Å². The Morgan fingerprint density at radius 2 is 2.10 bits per heavy atom. The molecule has 0 fully saturated rings. The van der Waals surface area contributed by atoms with Gasteiger partial charge in [-0.25, -0.2) is 0 Å². The third-order valence-electron chi connectivity index (χ3n) is 3.09. The molecule has 0 radical (unpaired) electrons. The van der Waals surface area contributed by atoms with E-state index in [-0.39, 0.29) is 31.3 Å². The van der Waals surface area contributed by atoms with Gasteiger partial charge in [-0.1, -0.05) is 13.3 Å². The molecule has 1 aromatic carbocycles. The molecule has 0 spiro atoms. The van der Waals surface area contributed by atoms with Gasteiger partial charge in [0.1, 0.15) is 6.61 Å². The van der Waals surface area contributed by atoms with E-state index in [0.29, 0.717) is 17.1 Å². The van der Waals surface area contributed by atoms with E-state index in [1.165, 1.54) is 6.92 Å². The van der Waals surface area contributed by atoms with Gasteiger partial charge >= 0.3 is 5.97 Å². The second kappa shape index (κ2) is 6.97. The number of carbonyl (C=O) groups is 2. The summed E-state index contributed by atoms with van der Waals surface area (Å²) in [5.41, 5.74) is 0.489. The predicted octanol–water partition coefficient (Wildman–Crippen LogP) is 1.88. The van der Waals surface area contributed by atoms with Crippen molar-refractivity contribution >= 4 is 11.9 Å². The summed E-state index contributed by atoms with van der Waals surface area (Å²) in [6.45, 7) is 3.71. The zero-order valence-corrected chi connectivity index (χ0v) is 12.2. The highest BCUT2D eigenvalue weighted by Crippen LogP contribution is 2.32. The summed E-state index contributed by atoms with van der Waals surface area (Å²) in [6, 6.07) is 4.83. The number of rotatable bonds is 6. The lowest BCUT2D eigenvalue weighted by Crippen LogP contribution is -2.38. The zero-order chi connectivity index (χ0) is 15.2. The Hall–Kier alpha value is -2.24. The Morgan fingerprint density at radius 1 is 1.33 bits per heavy atom. The van der Waals surface area contributed by atoms with Crippen LogP contribution in [-0.4, -0.2) is 31.3 Å². The van der Waals surface area contributed by atoms with Crippen molar-refractivity contribution in [3.63, 3.8) is 0 Å². The Morgan fingerprint density at radius 3 is 2.81 bits per heavy atom. The molecule has 1 atom stereocenters. The van der Waals surface area contributed by atoms with Crippen LogP contribution in [0.2, 0.25) is 0 Å². The summed E-state index contributed by atoms with van der Waals surface area (Å²) in [7, 11) is 0. The lowest BCUT2D eigenvalue weighted by atomic mass is 10.1. The Bertz CT molecular complexity index is 529. The van der Waals surface area contributed by atoms with E-state index >= 15 is 0 Å². The van der Waals surface area contributed by atoms with E-state index in [1.54, 1.807) is 18.2 Å². The van der Waals surface area contributed by atoms with Crippen LogP contribution in [0.25, 0.3) is 0 Å². The van der Waals surface area contributed by atoms with Crippen LogP contribution in [0.4, 0.5) is 0 Å². The maximum atomic E-state index is 12.2. The number of esters is 1. The van der Waals surface area contributed by atoms with Crippen molar-refractivity contribution < 1.29 is 23.8 Å². The van der Waals surface area contributed by atoms with E-state index in [9.17, 15) is 9.59 Å². The second-order valence-corrected chi connectivity index (χ2v) is 4.83. The van der Waals surface area contributed by atoms with Crippen LogP contribution in [0, 0.1) is 0 Å². The number of amides is 1. The smallest absolute Gasteiger partial charge is 0.302 e. The van der Waals surface area contributed by atoms with Gasteiger partial charge in [0, 0.05) is 12.5 Å². The fourth-order valence-corrected chi connectivity index (χ4v) is 2.07. The number of hydrogen-bond donors (Lipinski definition) is 1. The van der Waals surface area contributed by atoms with Gasteiger partial charge in [0.25, 0.3) is 5.91 Å². The van der Waals surface area contributed by atoms with Gasteiger partial charge in [0.2, 0.25) is 6.79 Å². The van der Waals surface area contributed by atoms with Crippen molar-refractivity contribution in [3.05, 3.63) is 23.8 Å². The minimum absolute atomic E-state index is 0.172. The third kappa shape index (κ3) is 4.11. The van der Waals surface area contributed by atoms with E-state index in [1.807, 2.05) is 6.92 Å². The van der Waals surface area contributed by atoms with Gasteiger partial charge in [-0.3, -0.25) is 9.59 Å². The van der Waals surface area contributed by atoms with E-state index in [4.69, 9.17) is 14.2 Å². The number of carbonyl (C=O) groups excluding carboxylic acids is 2. The maximum absolute atomic E-state index is 12.2. The molecule has 1 N–H and O–H groups in total. The molecule has 2 rings (SSSR count). The molecule has 0 saturated heterocycles. The van der Waals surface area contributed by atoms with Crippen LogP contribution in [0.3, 0.4) is 0 Å². The fraction of sp³-hybridized carbons (Fsp3) is 0.467. The summed E-state index contributed by atoms with van der Waals surface area (Å²) in [5.74, 6) is 0.624. The first-order chi connectivity index (χ1) is 10.1. The van der Waals surface area contributed by atoms with E-state index in [2.05, 4.69) is 5.32 Å². The fourth-order valence-electron chi connectivity index (χ4n) is 2.07. The van der Waals surface area contributed by atoms with Crippen molar-refractivity contribution in [3.8, 4) is 11.5 Å². The molecule has 21 heavy (non-hydrogen) atoms. The van der Waals surface area contributed by atoms with Gasteiger partial charge in [-0.05, 0) is 24.6 Å². The van der Waals surface area contributed by atoms with Crippen LogP contribution in [-0.2, 0) is 9.53 Å². The first kappa shape index (κ1) is 15.2. The van der Waals surface area contributed by atoms with Crippen molar-refractivity contribution in [1.29, 1.82) is 0 Å². The van der Waals surface area contributed by atoms with Crippen LogP contribution < -0.4 is 14.8 Å². The van der Waals surface area contributed by atoms with E-state index in [0.717, 1.165) is 12.8 Å². The Balaban J connectivity index is 1.99. The standard InChI is InChI=1S/C15H19NO5/c1-3-4-12(8-19-10(2)17)16-15(18)11-5-6-13-14(7-11)21-9-20-13/h5-7,12H,3-4,8-9H2,1-2H3,(H,16,18). The Labute approximate surface area is 123 Å². The van der Waals surface area contributed by atoms with Crippen molar-refractivity contribution in [2.75, 3.05) is 13.4 Å². The molecule has 0 bridgehead atoms. The first-order valence-electron chi connectivity index (χ1n) is 6.94. The van der Waals surface area contributed by atoms with Crippen LogP contribution in [0.15, 0.2) is 18.2 Å². The molecule has 1 heterocycles. The van der Waals surface area contributed by atoms with Gasteiger partial charge in [-0.2, -0.15) is 0 Å². The second-order valence-electron chi connectivity index (χ2n) is 4.83. The molecule has 1 unspecified atom stereocenters. The highest BCUT2D eigenvalue weighted by atomic mass is 16.7. The molecule has 6 heteroatoms. The first-order valence-corrected chi connectivity index (χ1v) is 6.94. The molecule has 1 aliphatic rings. The average Bonchev–Trinajstić information content (AvgIpc) is 2.92. The van der Waals surface area contributed by atoms with Crippen molar-refractivity contribution in [2.45, 2.75) is 32.7 Å². The number of benzene rings is 1. The molecule has 114 valence electrons. The number of fused-ring (bicyclic) bond motifs is 1. The molecule has 0 aliphatic carbocycles. The third-order valence-corrected chi connectivity index (χ3v) is 3.09. The lowest BCUT2D eigenvalue weighted by Gasteiger charge is -2.17. The minimum atomic E-state index is -0.353. The normalized spacial score (nSPS) is 13.6. The number of ether oxygens (including phenoxy) is 3. The summed E-state index contributed by atoms with van der Waals surface area (Å²) < 4.78 is 15.4. The summed E-state index contributed by atoms with van der Waals surface area (Å²) in [4.78, 5) is 23.1. The topological polar surface area (TPSA) is 73.9 Å². The molecule has 1 aliphatic heterocycles. The maximum Gasteiger partial charge on any atom is 0.302 e.